The second-order valence-corrected chi connectivity index (χ2v) is 12.3. The Balaban J connectivity index is 1.43. The number of para-hydroxylation sites is 4. The predicted octanol–water partition coefficient (Wildman–Crippen LogP) is 11.2. The Labute approximate surface area is 264 Å². The van der Waals surface area contributed by atoms with E-state index >= 15 is 0 Å². The highest BCUT2D eigenvalue weighted by Crippen LogP contribution is 2.45. The summed E-state index contributed by atoms with van der Waals surface area (Å²) < 4.78 is 4.78. The average Bonchev–Trinajstić information content (AvgIpc) is 3.71. The lowest BCUT2D eigenvalue weighted by Gasteiger charge is -2.25. The van der Waals surface area contributed by atoms with E-state index in [0.717, 1.165) is 11.4 Å². The third kappa shape index (κ3) is 4.49. The first-order valence-corrected chi connectivity index (χ1v) is 15.6. The number of nitrogens with zero attached hydrogens (tertiary/aromatic N) is 2. The van der Waals surface area contributed by atoms with Gasteiger partial charge in [0.25, 0.3) is 0 Å². The van der Waals surface area contributed by atoms with Crippen molar-refractivity contribution >= 4 is 21.8 Å². The summed E-state index contributed by atoms with van der Waals surface area (Å²) >= 11 is 0. The fourth-order valence-corrected chi connectivity index (χ4v) is 6.99. The molecule has 8 rings (SSSR count). The van der Waals surface area contributed by atoms with E-state index < -0.39 is 0 Å². The molecule has 45 heavy (non-hydrogen) atoms. The summed E-state index contributed by atoms with van der Waals surface area (Å²) in [6.07, 6.45) is 4.75. The van der Waals surface area contributed by atoms with Crippen molar-refractivity contribution in [3.8, 4) is 33.6 Å². The molecule has 2 aromatic heterocycles. The Morgan fingerprint density at radius 2 is 0.733 bits per heavy atom. The van der Waals surface area contributed by atoms with Crippen LogP contribution >= 0.6 is 0 Å². The maximum atomic E-state index is 2.39. The number of fused-ring (bicyclic) bond motifs is 2. The van der Waals surface area contributed by atoms with Crippen molar-refractivity contribution in [3.63, 3.8) is 0 Å². The first-order valence-electron chi connectivity index (χ1n) is 15.6. The van der Waals surface area contributed by atoms with Crippen LogP contribution < -0.4 is 0 Å². The van der Waals surface area contributed by atoms with Crippen LogP contribution in [0.25, 0.3) is 55.4 Å². The Kier molecular flexibility index (Phi) is 6.50. The normalized spacial score (nSPS) is 11.8. The van der Waals surface area contributed by atoms with Crippen molar-refractivity contribution in [3.05, 3.63) is 181 Å². The first-order chi connectivity index (χ1) is 22.1. The Bertz CT molecular complexity index is 2090. The van der Waals surface area contributed by atoms with Gasteiger partial charge in [0.15, 0.2) is 0 Å². The van der Waals surface area contributed by atoms with Gasteiger partial charge in [-0.05, 0) is 46.5 Å². The van der Waals surface area contributed by atoms with Gasteiger partial charge in [0.05, 0.1) is 11.0 Å². The zero-order chi connectivity index (χ0) is 30.4. The van der Waals surface area contributed by atoms with Crippen LogP contribution in [-0.2, 0) is 5.41 Å². The molecule has 0 saturated heterocycles. The van der Waals surface area contributed by atoms with Crippen LogP contribution in [0.3, 0.4) is 0 Å². The zero-order valence-electron chi connectivity index (χ0n) is 25.6. The van der Waals surface area contributed by atoms with Gasteiger partial charge >= 0.3 is 0 Å². The Morgan fingerprint density at radius 3 is 1.11 bits per heavy atom. The number of hydrogen-bond donors (Lipinski definition) is 0. The molecule has 0 N–H and O–H groups in total. The van der Waals surface area contributed by atoms with Crippen molar-refractivity contribution < 1.29 is 0 Å². The minimum Gasteiger partial charge on any atom is -0.316 e. The monoisotopic (exact) mass is 578 g/mol. The molecule has 0 radical (unpaired) electrons. The SMILES string of the molecule is CC(C)(c1cn(-c2ccccc2)c2c(-c3ccccc3)cccc12)c1cn(-c2ccccc2)c2c(-c3ccccc3)cccc12. The van der Waals surface area contributed by atoms with Crippen molar-refractivity contribution in [1.82, 2.24) is 9.13 Å². The summed E-state index contributed by atoms with van der Waals surface area (Å²) in [5, 5.41) is 2.54. The van der Waals surface area contributed by atoms with Gasteiger partial charge in [0.2, 0.25) is 0 Å². The van der Waals surface area contributed by atoms with E-state index in [1.807, 2.05) is 0 Å². The number of rotatable bonds is 6. The Hall–Kier alpha value is -5.60. The van der Waals surface area contributed by atoms with Gasteiger partial charge < -0.3 is 9.13 Å². The summed E-state index contributed by atoms with van der Waals surface area (Å²) in [5.41, 5.74) is 12.0. The van der Waals surface area contributed by atoms with Gasteiger partial charge in [-0.3, -0.25) is 0 Å². The quantitative estimate of drug-likeness (QED) is 0.186. The summed E-state index contributed by atoms with van der Waals surface area (Å²) in [6, 6.07) is 56.5. The van der Waals surface area contributed by atoms with Crippen LogP contribution in [0, 0.1) is 0 Å². The lowest BCUT2D eigenvalue weighted by Crippen LogP contribution is -2.18. The van der Waals surface area contributed by atoms with Gasteiger partial charge in [0, 0.05) is 51.1 Å². The minimum absolute atomic E-state index is 0.318. The molecule has 0 aliphatic rings. The second kappa shape index (κ2) is 10.8. The molecule has 0 unspecified atom stereocenters. The maximum Gasteiger partial charge on any atom is 0.0610 e. The van der Waals surface area contributed by atoms with Gasteiger partial charge in [-0.15, -0.1) is 0 Å². The molecule has 0 bridgehead atoms. The lowest BCUT2D eigenvalue weighted by molar-refractivity contribution is 0.650. The first kappa shape index (κ1) is 27.0. The zero-order valence-corrected chi connectivity index (χ0v) is 25.6. The number of benzene rings is 6. The van der Waals surface area contributed by atoms with Crippen LogP contribution in [0.4, 0.5) is 0 Å². The molecule has 8 aromatic rings. The highest BCUT2D eigenvalue weighted by molar-refractivity contribution is 6.01. The van der Waals surface area contributed by atoms with Gasteiger partial charge in [-0.2, -0.15) is 0 Å². The van der Waals surface area contributed by atoms with E-state index in [1.54, 1.807) is 0 Å². The maximum absolute atomic E-state index is 2.39. The lowest BCUT2D eigenvalue weighted by atomic mass is 9.77. The molecular weight excluding hydrogens is 544 g/mol. The third-order valence-electron chi connectivity index (χ3n) is 9.24. The summed E-state index contributed by atoms with van der Waals surface area (Å²) in [6.45, 7) is 4.76. The summed E-state index contributed by atoms with van der Waals surface area (Å²) in [7, 11) is 0. The fourth-order valence-electron chi connectivity index (χ4n) is 6.99. The largest absolute Gasteiger partial charge is 0.316 e. The van der Waals surface area contributed by atoms with E-state index in [2.05, 4.69) is 193 Å². The second-order valence-electron chi connectivity index (χ2n) is 12.3. The van der Waals surface area contributed by atoms with E-state index in [4.69, 9.17) is 0 Å². The minimum atomic E-state index is -0.318. The molecule has 0 spiro atoms. The Morgan fingerprint density at radius 1 is 0.378 bits per heavy atom. The van der Waals surface area contributed by atoms with Crippen molar-refractivity contribution in [1.29, 1.82) is 0 Å². The van der Waals surface area contributed by atoms with E-state index in [1.165, 1.54) is 55.2 Å². The van der Waals surface area contributed by atoms with E-state index in [9.17, 15) is 0 Å². The molecule has 2 heterocycles. The summed E-state index contributed by atoms with van der Waals surface area (Å²) in [4.78, 5) is 0. The highest BCUT2D eigenvalue weighted by Gasteiger charge is 2.32. The molecule has 2 nitrogen and oxygen atoms in total. The fraction of sp³-hybridized carbons (Fsp3) is 0.0698. The van der Waals surface area contributed by atoms with Gasteiger partial charge in [-0.25, -0.2) is 0 Å². The highest BCUT2D eigenvalue weighted by atomic mass is 15.0. The molecular formula is C43H34N2. The number of hydrogen-bond acceptors (Lipinski definition) is 0. The molecule has 216 valence electrons. The van der Waals surface area contributed by atoms with Crippen LogP contribution in [0.1, 0.15) is 25.0 Å². The number of aromatic nitrogens is 2. The third-order valence-corrected chi connectivity index (χ3v) is 9.24. The van der Waals surface area contributed by atoms with Gasteiger partial charge in [-0.1, -0.05) is 147 Å². The van der Waals surface area contributed by atoms with Crippen LogP contribution in [0.5, 0.6) is 0 Å². The van der Waals surface area contributed by atoms with E-state index in [0.29, 0.717) is 0 Å². The standard InChI is InChI=1S/C43H34N2/c1-43(2,39-29-44(33-21-11-5-12-22-33)41-35(25-15-27-37(39)41)31-17-7-3-8-18-31)40-30-45(34-23-13-6-14-24-34)42-36(26-16-28-38(40)42)32-19-9-4-10-20-32/h3-30H,1-2H3. The average molecular weight is 579 g/mol. The molecule has 0 saturated carbocycles. The van der Waals surface area contributed by atoms with E-state index in [-0.39, 0.29) is 5.41 Å². The van der Waals surface area contributed by atoms with Crippen LogP contribution in [0.2, 0.25) is 0 Å². The molecule has 2 heteroatoms. The van der Waals surface area contributed by atoms with Crippen molar-refractivity contribution in [2.75, 3.05) is 0 Å². The molecule has 0 aliphatic heterocycles. The smallest absolute Gasteiger partial charge is 0.0610 e. The van der Waals surface area contributed by atoms with Gasteiger partial charge in [0.1, 0.15) is 0 Å². The molecule has 0 atom stereocenters. The molecule has 6 aromatic carbocycles. The molecule has 0 amide bonds. The summed E-state index contributed by atoms with van der Waals surface area (Å²) in [5.74, 6) is 0. The van der Waals surface area contributed by atoms with Crippen LogP contribution in [-0.4, -0.2) is 9.13 Å². The molecule has 0 aliphatic carbocycles. The van der Waals surface area contributed by atoms with Crippen LogP contribution in [0.15, 0.2) is 170 Å². The van der Waals surface area contributed by atoms with Crippen molar-refractivity contribution in [2.24, 2.45) is 0 Å². The van der Waals surface area contributed by atoms with Crippen molar-refractivity contribution in [2.45, 2.75) is 19.3 Å². The molecule has 0 fully saturated rings. The topological polar surface area (TPSA) is 9.86 Å². The predicted molar refractivity (Wildman–Crippen MR) is 190 cm³/mol.